The maximum atomic E-state index is 4.43. The van der Waals surface area contributed by atoms with Gasteiger partial charge in [-0.1, -0.05) is 29.3 Å². The van der Waals surface area contributed by atoms with Crippen molar-refractivity contribution in [2.45, 2.75) is 45.6 Å². The Balaban J connectivity index is 2.06. The summed E-state index contributed by atoms with van der Waals surface area (Å²) < 4.78 is 2.35. The Morgan fingerprint density at radius 1 is 1.53 bits per heavy atom. The van der Waals surface area contributed by atoms with E-state index in [1.807, 2.05) is 6.20 Å². The molecule has 1 aliphatic carbocycles. The van der Waals surface area contributed by atoms with Crippen LogP contribution in [-0.2, 0) is 13.0 Å². The van der Waals surface area contributed by atoms with Crippen LogP contribution in [0.3, 0.4) is 0 Å². The molecule has 0 aromatic carbocycles. The lowest BCUT2D eigenvalue weighted by Gasteiger charge is -2.41. The zero-order valence-corrected chi connectivity index (χ0v) is 11.0. The van der Waals surface area contributed by atoms with Gasteiger partial charge >= 0.3 is 0 Å². The van der Waals surface area contributed by atoms with Gasteiger partial charge in [-0.25, -0.2) is 4.98 Å². The number of nitrogens with zero attached hydrogens (tertiary/aromatic N) is 2. The van der Waals surface area contributed by atoms with Crippen molar-refractivity contribution in [3.05, 3.63) is 18.2 Å². The van der Waals surface area contributed by atoms with Crippen LogP contribution >= 0.6 is 15.9 Å². The summed E-state index contributed by atoms with van der Waals surface area (Å²) in [5.41, 5.74) is 0.517. The lowest BCUT2D eigenvalue weighted by molar-refractivity contribution is 0.138. The molecule has 0 radical (unpaired) electrons. The van der Waals surface area contributed by atoms with E-state index < -0.39 is 0 Å². The van der Waals surface area contributed by atoms with Crippen LogP contribution in [0.25, 0.3) is 0 Å². The molecule has 1 aromatic rings. The lowest BCUT2D eigenvalue weighted by atomic mass is 9.70. The van der Waals surface area contributed by atoms with Gasteiger partial charge in [0.05, 0.1) is 0 Å². The second-order valence-electron chi connectivity index (χ2n) is 4.71. The Morgan fingerprint density at radius 3 is 2.87 bits per heavy atom. The fourth-order valence-corrected chi connectivity index (χ4v) is 3.05. The number of alkyl halides is 1. The Labute approximate surface area is 100 Å². The second-order valence-corrected chi connectivity index (χ2v) is 5.27. The molecule has 1 fully saturated rings. The van der Waals surface area contributed by atoms with Gasteiger partial charge in [-0.2, -0.15) is 0 Å². The van der Waals surface area contributed by atoms with Gasteiger partial charge in [-0.3, -0.25) is 0 Å². The number of hydrogen-bond donors (Lipinski definition) is 0. The first-order valence-corrected chi connectivity index (χ1v) is 6.98. The summed E-state index contributed by atoms with van der Waals surface area (Å²) in [6.45, 7) is 3.36. The summed E-state index contributed by atoms with van der Waals surface area (Å²) in [5, 5.41) is 1.13. The van der Waals surface area contributed by atoms with Gasteiger partial charge in [0, 0.05) is 30.7 Å². The predicted octanol–water partition coefficient (Wildman–Crippen LogP) is 3.40. The standard InChI is InChI=1S/C12H19BrN2/c1-2-4-11-14-7-8-15(11)10-12(9-13)5-3-6-12/h7-8H,2-6,9-10H2,1H3. The highest BCUT2D eigenvalue weighted by Crippen LogP contribution is 2.43. The molecular weight excluding hydrogens is 252 g/mol. The molecule has 1 saturated carbocycles. The number of aromatic nitrogens is 2. The van der Waals surface area contributed by atoms with E-state index in [1.165, 1.54) is 31.5 Å². The van der Waals surface area contributed by atoms with Crippen LogP contribution in [0.2, 0.25) is 0 Å². The van der Waals surface area contributed by atoms with E-state index in [0.29, 0.717) is 5.41 Å². The average Bonchev–Trinajstić information content (AvgIpc) is 2.60. The van der Waals surface area contributed by atoms with Crippen molar-refractivity contribution in [2.75, 3.05) is 5.33 Å². The van der Waals surface area contributed by atoms with Gasteiger partial charge < -0.3 is 4.57 Å². The highest BCUT2D eigenvalue weighted by Gasteiger charge is 2.36. The number of hydrogen-bond acceptors (Lipinski definition) is 1. The Hall–Kier alpha value is -0.310. The van der Waals surface area contributed by atoms with Crippen LogP contribution in [0.1, 0.15) is 38.4 Å². The first-order valence-electron chi connectivity index (χ1n) is 5.86. The van der Waals surface area contributed by atoms with E-state index in [4.69, 9.17) is 0 Å². The molecule has 3 heteroatoms. The minimum atomic E-state index is 0.517. The highest BCUT2D eigenvalue weighted by molar-refractivity contribution is 9.09. The van der Waals surface area contributed by atoms with Crippen LogP contribution < -0.4 is 0 Å². The van der Waals surface area contributed by atoms with E-state index in [1.54, 1.807) is 0 Å². The number of rotatable bonds is 5. The van der Waals surface area contributed by atoms with Crippen molar-refractivity contribution in [3.63, 3.8) is 0 Å². The van der Waals surface area contributed by atoms with Crippen molar-refractivity contribution in [1.29, 1.82) is 0 Å². The highest BCUT2D eigenvalue weighted by atomic mass is 79.9. The maximum absolute atomic E-state index is 4.43. The van der Waals surface area contributed by atoms with Gasteiger partial charge in [0.15, 0.2) is 0 Å². The quantitative estimate of drug-likeness (QED) is 0.750. The Bertz CT molecular complexity index is 310. The number of aryl methyl sites for hydroxylation is 1. The van der Waals surface area contributed by atoms with E-state index >= 15 is 0 Å². The van der Waals surface area contributed by atoms with Crippen molar-refractivity contribution < 1.29 is 0 Å². The molecule has 15 heavy (non-hydrogen) atoms. The molecule has 0 saturated heterocycles. The maximum Gasteiger partial charge on any atom is 0.108 e. The van der Waals surface area contributed by atoms with Crippen LogP contribution in [0.5, 0.6) is 0 Å². The van der Waals surface area contributed by atoms with E-state index in [9.17, 15) is 0 Å². The molecule has 2 nitrogen and oxygen atoms in total. The first kappa shape index (κ1) is 11.2. The van der Waals surface area contributed by atoms with E-state index in [0.717, 1.165) is 18.3 Å². The molecular formula is C12H19BrN2. The summed E-state index contributed by atoms with van der Waals surface area (Å²) in [6.07, 6.45) is 10.5. The van der Waals surface area contributed by atoms with E-state index in [-0.39, 0.29) is 0 Å². The molecule has 0 atom stereocenters. The summed E-state index contributed by atoms with van der Waals surface area (Å²) in [4.78, 5) is 4.43. The Morgan fingerprint density at radius 2 is 2.33 bits per heavy atom. The van der Waals surface area contributed by atoms with Gasteiger partial charge in [-0.05, 0) is 24.7 Å². The fourth-order valence-electron chi connectivity index (χ4n) is 2.31. The third-order valence-corrected chi connectivity index (χ3v) is 4.67. The fraction of sp³-hybridized carbons (Fsp3) is 0.750. The molecule has 1 aromatic heterocycles. The third kappa shape index (κ3) is 2.27. The minimum Gasteiger partial charge on any atom is -0.334 e. The van der Waals surface area contributed by atoms with Crippen LogP contribution in [0.4, 0.5) is 0 Å². The van der Waals surface area contributed by atoms with Crippen molar-refractivity contribution in [3.8, 4) is 0 Å². The molecule has 0 unspecified atom stereocenters. The Kier molecular flexibility index (Phi) is 3.49. The van der Waals surface area contributed by atoms with Crippen molar-refractivity contribution in [2.24, 2.45) is 5.41 Å². The van der Waals surface area contributed by atoms with Crippen LogP contribution in [-0.4, -0.2) is 14.9 Å². The number of halogens is 1. The largest absolute Gasteiger partial charge is 0.334 e. The lowest BCUT2D eigenvalue weighted by Crippen LogP contribution is -2.36. The molecule has 0 bridgehead atoms. The molecule has 84 valence electrons. The van der Waals surface area contributed by atoms with Gasteiger partial charge in [0.1, 0.15) is 5.82 Å². The van der Waals surface area contributed by atoms with Crippen LogP contribution in [0, 0.1) is 5.41 Å². The van der Waals surface area contributed by atoms with Crippen molar-refractivity contribution >= 4 is 15.9 Å². The summed E-state index contributed by atoms with van der Waals surface area (Å²) in [7, 11) is 0. The van der Waals surface area contributed by atoms with Gasteiger partial charge in [0.2, 0.25) is 0 Å². The predicted molar refractivity (Wildman–Crippen MR) is 66.3 cm³/mol. The average molecular weight is 271 g/mol. The van der Waals surface area contributed by atoms with Gasteiger partial charge in [0.25, 0.3) is 0 Å². The number of imidazole rings is 1. The third-order valence-electron chi connectivity index (χ3n) is 3.48. The monoisotopic (exact) mass is 270 g/mol. The van der Waals surface area contributed by atoms with Crippen molar-refractivity contribution in [1.82, 2.24) is 9.55 Å². The second kappa shape index (κ2) is 4.69. The topological polar surface area (TPSA) is 17.8 Å². The molecule has 0 N–H and O–H groups in total. The van der Waals surface area contributed by atoms with Gasteiger partial charge in [-0.15, -0.1) is 0 Å². The molecule has 0 amide bonds. The molecule has 1 heterocycles. The molecule has 0 spiro atoms. The first-order chi connectivity index (χ1) is 7.29. The zero-order chi connectivity index (χ0) is 10.7. The smallest absolute Gasteiger partial charge is 0.108 e. The van der Waals surface area contributed by atoms with Crippen LogP contribution in [0.15, 0.2) is 12.4 Å². The molecule has 1 aliphatic rings. The SMILES string of the molecule is CCCc1nccn1CC1(CBr)CCC1. The van der Waals surface area contributed by atoms with E-state index in [2.05, 4.69) is 38.6 Å². The summed E-state index contributed by atoms with van der Waals surface area (Å²) >= 11 is 3.66. The minimum absolute atomic E-state index is 0.517. The summed E-state index contributed by atoms with van der Waals surface area (Å²) in [5.74, 6) is 1.25. The normalized spacial score (nSPS) is 18.8. The molecule has 0 aliphatic heterocycles. The molecule has 2 rings (SSSR count). The summed E-state index contributed by atoms with van der Waals surface area (Å²) in [6, 6.07) is 0. The zero-order valence-electron chi connectivity index (χ0n) is 9.38.